The summed E-state index contributed by atoms with van der Waals surface area (Å²) in [6, 6.07) is 5.64. The van der Waals surface area contributed by atoms with E-state index in [1.807, 2.05) is 18.2 Å². The van der Waals surface area contributed by atoms with Gasteiger partial charge in [-0.25, -0.2) is 0 Å². The highest BCUT2D eigenvalue weighted by Gasteiger charge is 1.94. The number of rotatable bonds is 1. The van der Waals surface area contributed by atoms with Crippen molar-refractivity contribution < 1.29 is 0 Å². The Morgan fingerprint density at radius 3 is 2.73 bits per heavy atom. The van der Waals surface area contributed by atoms with E-state index >= 15 is 0 Å². The Labute approximate surface area is 74.0 Å². The minimum Gasteiger partial charge on any atom is -0.405 e. The minimum absolute atomic E-state index is 0.731. The van der Waals surface area contributed by atoms with Gasteiger partial charge in [-0.3, -0.25) is 0 Å². The van der Waals surface area contributed by atoms with Crippen LogP contribution in [-0.4, -0.2) is 0 Å². The lowest BCUT2D eigenvalue weighted by Gasteiger charge is -1.99. The van der Waals surface area contributed by atoms with E-state index in [9.17, 15) is 0 Å². The highest BCUT2D eigenvalue weighted by molar-refractivity contribution is 9.10. The second-order valence-electron chi connectivity index (χ2n) is 2.13. The Kier molecular flexibility index (Phi) is 2.54. The molecule has 0 aliphatic carbocycles. The van der Waals surface area contributed by atoms with Gasteiger partial charge in [0, 0.05) is 10.2 Å². The highest BCUT2D eigenvalue weighted by atomic mass is 79.9. The van der Waals surface area contributed by atoms with E-state index in [0.717, 1.165) is 15.7 Å². The zero-order valence-corrected chi connectivity index (χ0v) is 7.51. The summed E-state index contributed by atoms with van der Waals surface area (Å²) in [5, 5.41) is 0. The lowest BCUT2D eigenvalue weighted by molar-refractivity contribution is 1.57. The van der Waals surface area contributed by atoms with E-state index < -0.39 is 0 Å². The third-order valence-corrected chi connectivity index (χ3v) is 1.82. The van der Waals surface area contributed by atoms with Gasteiger partial charge in [0.2, 0.25) is 0 Å². The lowest BCUT2D eigenvalue weighted by atomic mass is 10.2. The molecule has 0 atom stereocenters. The summed E-state index contributed by atoms with van der Waals surface area (Å²) in [4.78, 5) is 0. The first kappa shape index (κ1) is 8.14. The molecule has 2 nitrogen and oxygen atoms in total. The maximum atomic E-state index is 5.65. The number of hydrogen-bond acceptors (Lipinski definition) is 2. The van der Waals surface area contributed by atoms with Crippen LogP contribution in [0.1, 0.15) is 5.56 Å². The number of nitrogens with two attached hydrogens (primary N) is 2. The van der Waals surface area contributed by atoms with E-state index in [0.29, 0.717) is 0 Å². The van der Waals surface area contributed by atoms with Crippen LogP contribution in [0.5, 0.6) is 0 Å². The fraction of sp³-hybridized carbons (Fsp3) is 0. The highest BCUT2D eigenvalue weighted by Crippen LogP contribution is 2.18. The zero-order chi connectivity index (χ0) is 8.27. The number of hydrogen-bond donors (Lipinski definition) is 2. The number of nitrogen functional groups attached to an aromatic ring is 1. The molecule has 0 bridgehead atoms. The van der Waals surface area contributed by atoms with Crippen LogP contribution in [0, 0.1) is 0 Å². The average Bonchev–Trinajstić information content (AvgIpc) is 1.98. The van der Waals surface area contributed by atoms with Crippen LogP contribution in [-0.2, 0) is 0 Å². The van der Waals surface area contributed by atoms with Crippen molar-refractivity contribution >= 4 is 27.7 Å². The number of anilines is 1. The molecule has 0 unspecified atom stereocenters. The standard InChI is InChI=1S/C8H9BrN2/c9-7-1-2-8(11)6(5-7)3-4-10/h1-5H,10-11H2/b4-3-. The summed E-state index contributed by atoms with van der Waals surface area (Å²) in [6.07, 6.45) is 3.23. The molecule has 3 heteroatoms. The number of halogens is 1. The molecular weight excluding hydrogens is 204 g/mol. The van der Waals surface area contributed by atoms with E-state index in [4.69, 9.17) is 11.5 Å². The quantitative estimate of drug-likeness (QED) is 0.700. The van der Waals surface area contributed by atoms with Crippen LogP contribution in [0.25, 0.3) is 6.08 Å². The molecule has 0 saturated carbocycles. The fourth-order valence-electron chi connectivity index (χ4n) is 0.794. The van der Waals surface area contributed by atoms with Crippen LogP contribution in [0.2, 0.25) is 0 Å². The molecule has 0 aliphatic heterocycles. The normalized spacial score (nSPS) is 10.6. The molecule has 58 valence electrons. The zero-order valence-electron chi connectivity index (χ0n) is 5.92. The third-order valence-electron chi connectivity index (χ3n) is 1.32. The molecule has 11 heavy (non-hydrogen) atoms. The van der Waals surface area contributed by atoms with Crippen LogP contribution < -0.4 is 11.5 Å². The van der Waals surface area contributed by atoms with Gasteiger partial charge >= 0.3 is 0 Å². The summed E-state index contributed by atoms with van der Waals surface area (Å²) in [5.41, 5.74) is 12.5. The molecule has 0 aromatic heterocycles. The molecule has 0 spiro atoms. The van der Waals surface area contributed by atoms with E-state index in [-0.39, 0.29) is 0 Å². The van der Waals surface area contributed by atoms with E-state index in [1.165, 1.54) is 6.20 Å². The topological polar surface area (TPSA) is 52.0 Å². The first-order valence-electron chi connectivity index (χ1n) is 3.17. The van der Waals surface area contributed by atoms with Crippen LogP contribution in [0.15, 0.2) is 28.9 Å². The van der Waals surface area contributed by atoms with Crippen molar-refractivity contribution in [1.82, 2.24) is 0 Å². The maximum Gasteiger partial charge on any atom is 0.0388 e. The predicted octanol–water partition coefficient (Wildman–Crippen LogP) is 1.96. The van der Waals surface area contributed by atoms with Crippen LogP contribution >= 0.6 is 15.9 Å². The van der Waals surface area contributed by atoms with Gasteiger partial charge in [0.25, 0.3) is 0 Å². The number of benzene rings is 1. The van der Waals surface area contributed by atoms with Crippen molar-refractivity contribution in [2.75, 3.05) is 5.73 Å². The van der Waals surface area contributed by atoms with Crippen LogP contribution in [0.3, 0.4) is 0 Å². The van der Waals surface area contributed by atoms with Gasteiger partial charge in [-0.1, -0.05) is 15.9 Å². The summed E-state index contributed by atoms with van der Waals surface area (Å²) in [5.74, 6) is 0. The summed E-state index contributed by atoms with van der Waals surface area (Å²) in [7, 11) is 0. The van der Waals surface area contributed by atoms with Crippen molar-refractivity contribution in [1.29, 1.82) is 0 Å². The van der Waals surface area contributed by atoms with Crippen molar-refractivity contribution in [3.8, 4) is 0 Å². The Hall–Kier alpha value is -0.960. The predicted molar refractivity (Wildman–Crippen MR) is 51.8 cm³/mol. The molecule has 1 aromatic carbocycles. The Morgan fingerprint density at radius 2 is 2.09 bits per heavy atom. The van der Waals surface area contributed by atoms with Gasteiger partial charge < -0.3 is 11.5 Å². The van der Waals surface area contributed by atoms with Crippen molar-refractivity contribution in [2.45, 2.75) is 0 Å². The second kappa shape index (κ2) is 3.44. The van der Waals surface area contributed by atoms with Crippen LogP contribution in [0.4, 0.5) is 5.69 Å². The second-order valence-corrected chi connectivity index (χ2v) is 3.05. The van der Waals surface area contributed by atoms with Gasteiger partial charge in [0.05, 0.1) is 0 Å². The van der Waals surface area contributed by atoms with Gasteiger partial charge in [-0.2, -0.15) is 0 Å². The summed E-state index contributed by atoms with van der Waals surface area (Å²) in [6.45, 7) is 0. The SMILES string of the molecule is N/C=C\c1cc(Br)ccc1N. The Balaban J connectivity index is 3.12. The molecule has 1 aromatic rings. The molecule has 1 rings (SSSR count). The average molecular weight is 213 g/mol. The monoisotopic (exact) mass is 212 g/mol. The first-order chi connectivity index (χ1) is 5.24. The Morgan fingerprint density at radius 1 is 1.36 bits per heavy atom. The van der Waals surface area contributed by atoms with Crippen molar-refractivity contribution in [3.05, 3.63) is 34.4 Å². The lowest BCUT2D eigenvalue weighted by Crippen LogP contribution is -1.89. The van der Waals surface area contributed by atoms with Gasteiger partial charge in [0.15, 0.2) is 0 Å². The molecule has 0 aliphatic rings. The molecule has 0 fully saturated rings. The van der Waals surface area contributed by atoms with Gasteiger partial charge in [0.1, 0.15) is 0 Å². The molecule has 0 heterocycles. The summed E-state index contributed by atoms with van der Waals surface area (Å²) < 4.78 is 1.000. The third kappa shape index (κ3) is 1.98. The van der Waals surface area contributed by atoms with Gasteiger partial charge in [-0.05, 0) is 36.0 Å². The minimum atomic E-state index is 0.731. The van der Waals surface area contributed by atoms with E-state index in [2.05, 4.69) is 15.9 Å². The van der Waals surface area contributed by atoms with Crippen molar-refractivity contribution in [2.24, 2.45) is 5.73 Å². The summed E-state index contributed by atoms with van der Waals surface area (Å²) >= 11 is 3.34. The van der Waals surface area contributed by atoms with Crippen molar-refractivity contribution in [3.63, 3.8) is 0 Å². The maximum absolute atomic E-state index is 5.65. The Bertz CT molecular complexity index is 281. The van der Waals surface area contributed by atoms with Gasteiger partial charge in [-0.15, -0.1) is 0 Å². The molecule has 0 saturated heterocycles. The van der Waals surface area contributed by atoms with E-state index in [1.54, 1.807) is 6.08 Å². The first-order valence-corrected chi connectivity index (χ1v) is 3.96. The molecule has 0 amide bonds. The molecule has 0 radical (unpaired) electrons. The molecule has 4 N–H and O–H groups in total. The smallest absolute Gasteiger partial charge is 0.0388 e. The molecular formula is C8H9BrN2. The largest absolute Gasteiger partial charge is 0.405 e. The fourth-order valence-corrected chi connectivity index (χ4v) is 1.17.